The highest BCUT2D eigenvalue weighted by Gasteiger charge is 2.34. The van der Waals surface area contributed by atoms with Crippen LogP contribution in [0.4, 0.5) is 18.9 Å². The van der Waals surface area contributed by atoms with Crippen molar-refractivity contribution in [3.63, 3.8) is 0 Å². The molecule has 9 heteroatoms. The molecule has 0 radical (unpaired) electrons. The van der Waals surface area contributed by atoms with Crippen molar-refractivity contribution in [3.05, 3.63) is 35.8 Å². The van der Waals surface area contributed by atoms with Crippen molar-refractivity contribution in [1.82, 2.24) is 14.9 Å². The Bertz CT molecular complexity index is 838. The molecule has 6 nitrogen and oxygen atoms in total. The van der Waals surface area contributed by atoms with Gasteiger partial charge in [-0.15, -0.1) is 0 Å². The number of nitrogens with one attached hydrogen (secondary N) is 2. The van der Waals surface area contributed by atoms with Crippen LogP contribution in [0.25, 0.3) is 11.0 Å². The molecule has 0 bridgehead atoms. The molecule has 0 unspecified atom stereocenters. The van der Waals surface area contributed by atoms with E-state index in [4.69, 9.17) is 0 Å². The predicted molar refractivity (Wildman–Crippen MR) is 75.2 cm³/mol. The van der Waals surface area contributed by atoms with Gasteiger partial charge in [0.25, 0.3) is 5.91 Å². The molecule has 1 aliphatic rings. The van der Waals surface area contributed by atoms with Gasteiger partial charge >= 0.3 is 6.18 Å². The van der Waals surface area contributed by atoms with Gasteiger partial charge in [0.2, 0.25) is 11.7 Å². The number of fused-ring (bicyclic) bond motifs is 1. The zero-order chi connectivity index (χ0) is 16.8. The van der Waals surface area contributed by atoms with E-state index < -0.39 is 17.9 Å². The van der Waals surface area contributed by atoms with E-state index in [0.717, 1.165) is 4.90 Å². The van der Waals surface area contributed by atoms with Crippen molar-refractivity contribution < 1.29 is 22.8 Å². The van der Waals surface area contributed by atoms with Gasteiger partial charge in [-0.2, -0.15) is 13.2 Å². The molecule has 0 atom stereocenters. The van der Waals surface area contributed by atoms with Gasteiger partial charge in [-0.1, -0.05) is 0 Å². The van der Waals surface area contributed by atoms with Crippen LogP contribution < -0.4 is 5.32 Å². The first-order valence-corrected chi connectivity index (χ1v) is 6.60. The maximum absolute atomic E-state index is 12.6. The summed E-state index contributed by atoms with van der Waals surface area (Å²) in [6.45, 7) is 1.38. The van der Waals surface area contributed by atoms with Crippen LogP contribution in [-0.2, 0) is 15.8 Å². The van der Waals surface area contributed by atoms with Crippen molar-refractivity contribution in [2.45, 2.75) is 13.1 Å². The fourth-order valence-corrected chi connectivity index (χ4v) is 2.27. The van der Waals surface area contributed by atoms with Crippen molar-refractivity contribution in [1.29, 1.82) is 0 Å². The Labute approximate surface area is 128 Å². The molecule has 3 rings (SSSR count). The van der Waals surface area contributed by atoms with Gasteiger partial charge in [-0.25, -0.2) is 4.98 Å². The summed E-state index contributed by atoms with van der Waals surface area (Å²) in [6, 6.07) is 4.44. The van der Waals surface area contributed by atoms with E-state index >= 15 is 0 Å². The molecule has 0 saturated carbocycles. The topological polar surface area (TPSA) is 78.1 Å². The van der Waals surface area contributed by atoms with Gasteiger partial charge in [0.05, 0.1) is 17.6 Å². The van der Waals surface area contributed by atoms with Gasteiger partial charge in [0.1, 0.15) is 0 Å². The molecular formula is C14H11F3N4O2. The maximum Gasteiger partial charge on any atom is 0.449 e. The smallest absolute Gasteiger partial charge is 0.357 e. The Kier molecular flexibility index (Phi) is 3.35. The van der Waals surface area contributed by atoms with E-state index in [9.17, 15) is 22.8 Å². The molecule has 0 saturated heterocycles. The Morgan fingerprint density at radius 3 is 2.74 bits per heavy atom. The Morgan fingerprint density at radius 2 is 2.13 bits per heavy atom. The summed E-state index contributed by atoms with van der Waals surface area (Å²) in [5.74, 6) is -1.87. The molecule has 2 N–H and O–H groups in total. The molecule has 0 fully saturated rings. The molecule has 1 aliphatic heterocycles. The number of benzene rings is 1. The Morgan fingerprint density at radius 1 is 1.39 bits per heavy atom. The third-order valence-corrected chi connectivity index (χ3v) is 3.33. The molecule has 1 aromatic heterocycles. The lowest BCUT2D eigenvalue weighted by molar-refractivity contribution is -0.144. The summed E-state index contributed by atoms with van der Waals surface area (Å²) in [6.07, 6.45) is -3.27. The second kappa shape index (κ2) is 5.11. The number of hydrogen-bond acceptors (Lipinski definition) is 4. The zero-order valence-corrected chi connectivity index (χ0v) is 11.9. The number of halogens is 3. The number of aromatic nitrogens is 2. The van der Waals surface area contributed by atoms with E-state index in [1.807, 2.05) is 0 Å². The fourth-order valence-electron chi connectivity index (χ4n) is 2.27. The molecule has 0 spiro atoms. The van der Waals surface area contributed by atoms with Crippen LogP contribution in [0, 0.1) is 0 Å². The normalized spacial score (nSPS) is 15.2. The van der Waals surface area contributed by atoms with Crippen LogP contribution in [0.3, 0.4) is 0 Å². The van der Waals surface area contributed by atoms with Crippen molar-refractivity contribution in [2.75, 3.05) is 11.9 Å². The molecule has 120 valence electrons. The molecule has 23 heavy (non-hydrogen) atoms. The summed E-state index contributed by atoms with van der Waals surface area (Å²) >= 11 is 0. The van der Waals surface area contributed by atoms with Crippen LogP contribution >= 0.6 is 0 Å². The number of imidazole rings is 1. The molecule has 2 aromatic rings. The number of H-pyrrole nitrogens is 1. The van der Waals surface area contributed by atoms with Crippen LogP contribution in [0.1, 0.15) is 12.7 Å². The third kappa shape index (κ3) is 2.89. The number of alkyl halides is 3. The summed E-state index contributed by atoms with van der Waals surface area (Å²) in [5, 5.41) is 2.91. The van der Waals surface area contributed by atoms with E-state index in [1.165, 1.54) is 25.1 Å². The highest BCUT2D eigenvalue weighted by molar-refractivity contribution is 6.03. The third-order valence-electron chi connectivity index (χ3n) is 3.33. The summed E-state index contributed by atoms with van der Waals surface area (Å²) in [7, 11) is 0. The highest BCUT2D eigenvalue weighted by atomic mass is 19.4. The lowest BCUT2D eigenvalue weighted by Crippen LogP contribution is -2.31. The SMILES string of the molecule is CC(=O)N1CC(Nc2ccc3nc(C(F)(F)F)[nH]c3c2)=CC1=O. The lowest BCUT2D eigenvalue weighted by atomic mass is 10.2. The number of imide groups is 1. The van der Waals surface area contributed by atoms with E-state index in [0.29, 0.717) is 11.4 Å². The van der Waals surface area contributed by atoms with E-state index in [2.05, 4.69) is 15.3 Å². The Hall–Kier alpha value is -2.84. The van der Waals surface area contributed by atoms with E-state index in [1.54, 1.807) is 6.07 Å². The lowest BCUT2D eigenvalue weighted by Gasteiger charge is -2.12. The number of amides is 2. The monoisotopic (exact) mass is 324 g/mol. The Balaban J connectivity index is 1.83. The predicted octanol–water partition coefficient (Wildman–Crippen LogP) is 2.27. The van der Waals surface area contributed by atoms with Gasteiger partial charge < -0.3 is 10.3 Å². The van der Waals surface area contributed by atoms with Crippen molar-refractivity contribution >= 4 is 28.5 Å². The second-order valence-electron chi connectivity index (χ2n) is 5.05. The number of aromatic amines is 1. The maximum atomic E-state index is 12.6. The number of anilines is 1. The van der Waals surface area contributed by atoms with Crippen molar-refractivity contribution in [2.24, 2.45) is 0 Å². The average Bonchev–Trinajstić information content (AvgIpc) is 3.01. The molecular weight excluding hydrogens is 313 g/mol. The van der Waals surface area contributed by atoms with Gasteiger partial charge in [0.15, 0.2) is 0 Å². The van der Waals surface area contributed by atoms with Crippen LogP contribution in [-0.4, -0.2) is 33.2 Å². The minimum absolute atomic E-state index is 0.100. The molecule has 1 aromatic carbocycles. The number of rotatable bonds is 2. The first-order valence-electron chi connectivity index (χ1n) is 6.60. The largest absolute Gasteiger partial charge is 0.449 e. The highest BCUT2D eigenvalue weighted by Crippen LogP contribution is 2.29. The number of nitrogens with zero attached hydrogens (tertiary/aromatic N) is 2. The molecule has 2 heterocycles. The number of hydrogen-bond donors (Lipinski definition) is 2. The van der Waals surface area contributed by atoms with Gasteiger partial charge in [-0.3, -0.25) is 14.5 Å². The van der Waals surface area contributed by atoms with E-state index in [-0.39, 0.29) is 23.5 Å². The number of carbonyl (C=O) groups is 2. The second-order valence-corrected chi connectivity index (χ2v) is 5.05. The summed E-state index contributed by atoms with van der Waals surface area (Å²) in [4.78, 5) is 29.6. The summed E-state index contributed by atoms with van der Waals surface area (Å²) in [5.41, 5.74) is 1.37. The zero-order valence-electron chi connectivity index (χ0n) is 11.9. The first-order chi connectivity index (χ1) is 10.7. The van der Waals surface area contributed by atoms with Gasteiger partial charge in [-0.05, 0) is 18.2 Å². The molecule has 2 amide bonds. The quantitative estimate of drug-likeness (QED) is 0.888. The van der Waals surface area contributed by atoms with Crippen molar-refractivity contribution in [3.8, 4) is 0 Å². The fraction of sp³-hybridized carbons (Fsp3) is 0.214. The molecule has 0 aliphatic carbocycles. The van der Waals surface area contributed by atoms with Crippen LogP contribution in [0.15, 0.2) is 30.0 Å². The standard InChI is InChI=1S/C14H11F3N4O2/c1-7(22)21-6-9(5-12(21)23)18-8-2-3-10-11(4-8)20-13(19-10)14(15,16)17/h2-5,18H,6H2,1H3,(H,19,20). The summed E-state index contributed by atoms with van der Waals surface area (Å²) < 4.78 is 37.9. The average molecular weight is 324 g/mol. The minimum atomic E-state index is -4.55. The minimum Gasteiger partial charge on any atom is -0.357 e. The number of carbonyl (C=O) groups excluding carboxylic acids is 2. The van der Waals surface area contributed by atoms with Crippen LogP contribution in [0.2, 0.25) is 0 Å². The first kappa shape index (κ1) is 15.1. The van der Waals surface area contributed by atoms with Crippen LogP contribution in [0.5, 0.6) is 0 Å². The van der Waals surface area contributed by atoms with Gasteiger partial charge in [0, 0.05) is 24.4 Å².